The van der Waals surface area contributed by atoms with Crippen molar-refractivity contribution in [3.63, 3.8) is 0 Å². The van der Waals surface area contributed by atoms with Gasteiger partial charge >= 0.3 is 0 Å². The predicted molar refractivity (Wildman–Crippen MR) is 116 cm³/mol. The van der Waals surface area contributed by atoms with Crippen molar-refractivity contribution in [1.29, 1.82) is 0 Å². The summed E-state index contributed by atoms with van der Waals surface area (Å²) in [6, 6.07) is 13.0. The minimum absolute atomic E-state index is 0.204. The summed E-state index contributed by atoms with van der Waals surface area (Å²) in [5.41, 5.74) is 0.944. The predicted octanol–water partition coefficient (Wildman–Crippen LogP) is 3.94. The molecule has 2 amide bonds. The number of thiophene rings is 1. The van der Waals surface area contributed by atoms with E-state index in [4.69, 9.17) is 0 Å². The molecule has 0 aliphatic carbocycles. The van der Waals surface area contributed by atoms with E-state index < -0.39 is 11.6 Å². The Morgan fingerprint density at radius 1 is 1.14 bits per heavy atom. The van der Waals surface area contributed by atoms with Crippen molar-refractivity contribution in [2.75, 3.05) is 6.54 Å². The molecule has 0 spiro atoms. The number of nitrogens with one attached hydrogen (secondary N) is 1. The highest BCUT2D eigenvalue weighted by Crippen LogP contribution is 2.28. The molecular formula is C21H24N4O2S2. The Morgan fingerprint density at radius 2 is 1.90 bits per heavy atom. The third-order valence-corrected chi connectivity index (χ3v) is 5.62. The molecule has 6 nitrogen and oxygen atoms in total. The van der Waals surface area contributed by atoms with Gasteiger partial charge in [-0.2, -0.15) is 0 Å². The van der Waals surface area contributed by atoms with Crippen molar-refractivity contribution in [1.82, 2.24) is 19.8 Å². The molecular weight excluding hydrogens is 404 g/mol. The maximum atomic E-state index is 13.3. The Kier molecular flexibility index (Phi) is 6.76. The van der Waals surface area contributed by atoms with Gasteiger partial charge in [0.25, 0.3) is 5.91 Å². The molecule has 29 heavy (non-hydrogen) atoms. The first-order valence-electron chi connectivity index (χ1n) is 9.32. The molecule has 0 unspecified atom stereocenters. The lowest BCUT2D eigenvalue weighted by atomic mass is 10.1. The highest BCUT2D eigenvalue weighted by molar-refractivity contribution is 7.10. The van der Waals surface area contributed by atoms with Gasteiger partial charge in [-0.25, -0.2) is 0 Å². The molecule has 8 heteroatoms. The van der Waals surface area contributed by atoms with Gasteiger partial charge in [0, 0.05) is 22.3 Å². The fourth-order valence-electron chi connectivity index (χ4n) is 2.96. The van der Waals surface area contributed by atoms with Gasteiger partial charge in [0.2, 0.25) is 5.91 Å². The summed E-state index contributed by atoms with van der Waals surface area (Å²) < 4.78 is 3.82. The first-order valence-corrected chi connectivity index (χ1v) is 11.0. The minimum atomic E-state index is -0.730. The van der Waals surface area contributed by atoms with Crippen LogP contribution in [0.4, 0.5) is 0 Å². The van der Waals surface area contributed by atoms with E-state index in [0.29, 0.717) is 13.0 Å². The molecule has 1 aromatic carbocycles. The second-order valence-electron chi connectivity index (χ2n) is 7.68. The Balaban J connectivity index is 1.95. The average molecular weight is 429 g/mol. The SMILES string of the molecule is CC(C)(C)NC(=O)[C@H](c1cccs1)N(CCc1ccccc1)C(=O)c1csnn1. The number of hydrogen-bond donors (Lipinski definition) is 1. The van der Waals surface area contributed by atoms with Crippen LogP contribution in [0.25, 0.3) is 0 Å². The van der Waals surface area contributed by atoms with Crippen molar-refractivity contribution in [3.8, 4) is 0 Å². The van der Waals surface area contributed by atoms with Crippen molar-refractivity contribution in [2.45, 2.75) is 38.8 Å². The van der Waals surface area contributed by atoms with Crippen LogP contribution in [0.5, 0.6) is 0 Å². The molecule has 1 atom stereocenters. The normalized spacial score (nSPS) is 12.4. The van der Waals surface area contributed by atoms with E-state index in [2.05, 4.69) is 14.9 Å². The molecule has 0 aliphatic rings. The summed E-state index contributed by atoms with van der Waals surface area (Å²) in [6.07, 6.45) is 0.634. The lowest BCUT2D eigenvalue weighted by Crippen LogP contribution is -2.49. The van der Waals surface area contributed by atoms with Gasteiger partial charge in [-0.05, 0) is 55.7 Å². The van der Waals surface area contributed by atoms with Crippen molar-refractivity contribution >= 4 is 34.7 Å². The summed E-state index contributed by atoms with van der Waals surface area (Å²) in [6.45, 7) is 6.17. The maximum Gasteiger partial charge on any atom is 0.276 e. The molecule has 0 saturated carbocycles. The second-order valence-corrected chi connectivity index (χ2v) is 9.27. The first-order chi connectivity index (χ1) is 13.8. The number of hydrogen-bond acceptors (Lipinski definition) is 6. The second kappa shape index (κ2) is 9.28. The van der Waals surface area contributed by atoms with Crippen LogP contribution in [0.15, 0.2) is 53.2 Å². The standard InChI is InChI=1S/C21H24N4O2S2/c1-21(2,3)22-19(26)18(17-10-7-13-28-17)25(20(27)16-14-29-24-23-16)12-11-15-8-5-4-6-9-15/h4-10,13-14,18H,11-12H2,1-3H3,(H,22,26)/t18-/m0/s1. The average Bonchev–Trinajstić information content (AvgIpc) is 3.37. The van der Waals surface area contributed by atoms with Crippen molar-refractivity contribution in [3.05, 3.63) is 69.4 Å². The van der Waals surface area contributed by atoms with Crippen LogP contribution in [-0.4, -0.2) is 38.4 Å². The zero-order chi connectivity index (χ0) is 20.9. The Labute approximate surface area is 178 Å². The molecule has 1 N–H and O–H groups in total. The number of nitrogens with zero attached hydrogens (tertiary/aromatic N) is 3. The summed E-state index contributed by atoms with van der Waals surface area (Å²) in [5, 5.41) is 10.5. The first kappa shape index (κ1) is 21.1. The smallest absolute Gasteiger partial charge is 0.276 e. The molecule has 152 valence electrons. The summed E-state index contributed by atoms with van der Waals surface area (Å²) in [7, 11) is 0. The monoisotopic (exact) mass is 428 g/mol. The summed E-state index contributed by atoms with van der Waals surface area (Å²) in [4.78, 5) is 29.0. The van der Waals surface area contributed by atoms with E-state index in [1.165, 1.54) is 11.3 Å². The van der Waals surface area contributed by atoms with Crippen molar-refractivity contribution < 1.29 is 9.59 Å². The fourth-order valence-corrected chi connectivity index (χ4v) is 4.22. The number of benzene rings is 1. The van der Waals surface area contributed by atoms with Gasteiger partial charge < -0.3 is 10.2 Å². The van der Waals surface area contributed by atoms with Crippen LogP contribution in [-0.2, 0) is 11.2 Å². The number of aromatic nitrogens is 2. The number of amides is 2. The van der Waals surface area contributed by atoms with E-state index in [0.717, 1.165) is 22.0 Å². The van der Waals surface area contributed by atoms with Crippen molar-refractivity contribution in [2.24, 2.45) is 0 Å². The molecule has 2 aromatic heterocycles. The molecule has 3 aromatic rings. The number of carbonyl (C=O) groups excluding carboxylic acids is 2. The Hall–Kier alpha value is -2.58. The van der Waals surface area contributed by atoms with Gasteiger partial charge in [-0.15, -0.1) is 16.4 Å². The summed E-state index contributed by atoms with van der Waals surface area (Å²) in [5.74, 6) is -0.498. The third kappa shape index (κ3) is 5.71. The van der Waals surface area contributed by atoms with E-state index in [9.17, 15) is 9.59 Å². The van der Waals surface area contributed by atoms with E-state index >= 15 is 0 Å². The van der Waals surface area contributed by atoms with Gasteiger partial charge in [0.1, 0.15) is 6.04 Å². The lowest BCUT2D eigenvalue weighted by molar-refractivity contribution is -0.127. The minimum Gasteiger partial charge on any atom is -0.349 e. The lowest BCUT2D eigenvalue weighted by Gasteiger charge is -2.32. The molecule has 2 heterocycles. The Bertz CT molecular complexity index is 920. The van der Waals surface area contributed by atoms with Gasteiger partial charge in [-0.3, -0.25) is 9.59 Å². The molecule has 0 fully saturated rings. The number of carbonyl (C=O) groups is 2. The van der Waals surface area contributed by atoms with Crippen LogP contribution in [0, 0.1) is 0 Å². The highest BCUT2D eigenvalue weighted by atomic mass is 32.1. The Morgan fingerprint density at radius 3 is 2.48 bits per heavy atom. The van der Waals surface area contributed by atoms with Gasteiger partial charge in [-0.1, -0.05) is 40.9 Å². The topological polar surface area (TPSA) is 75.2 Å². The van der Waals surface area contributed by atoms with Gasteiger partial charge in [0.15, 0.2) is 5.69 Å². The number of rotatable bonds is 7. The van der Waals surface area contributed by atoms with E-state index in [-0.39, 0.29) is 17.5 Å². The maximum absolute atomic E-state index is 13.3. The molecule has 0 saturated heterocycles. The van der Waals surface area contributed by atoms with Crippen LogP contribution in [0.2, 0.25) is 0 Å². The van der Waals surface area contributed by atoms with Crippen LogP contribution in [0.3, 0.4) is 0 Å². The van der Waals surface area contributed by atoms with Gasteiger partial charge in [0.05, 0.1) is 0 Å². The zero-order valence-corrected chi connectivity index (χ0v) is 18.3. The molecule has 0 bridgehead atoms. The zero-order valence-electron chi connectivity index (χ0n) is 16.7. The highest BCUT2D eigenvalue weighted by Gasteiger charge is 2.35. The molecule has 0 radical (unpaired) electrons. The fraction of sp³-hybridized carbons (Fsp3) is 0.333. The molecule has 3 rings (SSSR count). The quantitative estimate of drug-likeness (QED) is 0.618. The van der Waals surface area contributed by atoms with Crippen LogP contribution in [0.1, 0.15) is 47.7 Å². The van der Waals surface area contributed by atoms with E-state index in [1.54, 1.807) is 10.3 Å². The molecule has 0 aliphatic heterocycles. The largest absolute Gasteiger partial charge is 0.349 e. The third-order valence-electron chi connectivity index (χ3n) is 4.20. The summed E-state index contributed by atoms with van der Waals surface area (Å²) >= 11 is 2.58. The van der Waals surface area contributed by atoms with E-state index in [1.807, 2.05) is 68.6 Å². The van der Waals surface area contributed by atoms with Crippen LogP contribution < -0.4 is 5.32 Å². The van der Waals surface area contributed by atoms with Crippen LogP contribution >= 0.6 is 22.9 Å².